The molecule has 0 aliphatic carbocycles. The average Bonchev–Trinajstić information content (AvgIpc) is 3.44. The van der Waals surface area contributed by atoms with Gasteiger partial charge >= 0.3 is 12.3 Å². The lowest BCUT2D eigenvalue weighted by Crippen LogP contribution is -2.62. The number of hydrogen-bond donors (Lipinski definition) is 0. The molecule has 11 heteroatoms. The van der Waals surface area contributed by atoms with E-state index in [4.69, 9.17) is 4.74 Å². The largest absolute Gasteiger partial charge is 0.444 e. The minimum atomic E-state index is -4.23. The van der Waals surface area contributed by atoms with Crippen molar-refractivity contribution in [2.24, 2.45) is 17.3 Å². The first-order valence-electron chi connectivity index (χ1n) is 14.5. The van der Waals surface area contributed by atoms with Gasteiger partial charge in [-0.15, -0.1) is 11.3 Å². The van der Waals surface area contributed by atoms with Crippen molar-refractivity contribution in [1.82, 2.24) is 19.8 Å². The number of fused-ring (bicyclic) bond motifs is 1. The first-order valence-corrected chi connectivity index (χ1v) is 15.3. The molecule has 0 N–H and O–H groups in total. The smallest absolute Gasteiger partial charge is 0.410 e. The number of rotatable bonds is 6. The molecule has 3 aliphatic heterocycles. The molecule has 7 nitrogen and oxygen atoms in total. The highest BCUT2D eigenvalue weighted by Gasteiger charge is 2.50. The fourth-order valence-electron chi connectivity index (χ4n) is 6.72. The Labute approximate surface area is 239 Å². The molecule has 5 rings (SSSR count). The van der Waals surface area contributed by atoms with Crippen molar-refractivity contribution in [2.45, 2.75) is 84.5 Å². The quantitative estimate of drug-likeness (QED) is 0.395. The monoisotopic (exact) mass is 581 g/mol. The minimum absolute atomic E-state index is 0.204. The van der Waals surface area contributed by atoms with Crippen LogP contribution < -0.4 is 4.90 Å². The van der Waals surface area contributed by atoms with E-state index in [1.807, 2.05) is 25.7 Å². The van der Waals surface area contributed by atoms with Gasteiger partial charge in [0.05, 0.1) is 11.8 Å². The molecule has 0 radical (unpaired) electrons. The standard InChI is InChI=1S/C29H42F3N5O2S/c1-19(2)23(12-20-6-9-35(10-7-20)26(38)39-27(3,4)5)37-16-28(17-37)8-11-36(15-28)24-22-13-21(14-29(30,31)32)40-25(22)34-18-33-24/h13,18-20,23H,6-12,14-17H2,1-5H3. The molecule has 5 heterocycles. The molecule has 1 atom stereocenters. The Bertz CT molecular complexity index is 1200. The van der Waals surface area contributed by atoms with Crippen LogP contribution >= 0.6 is 11.3 Å². The van der Waals surface area contributed by atoms with Gasteiger partial charge in [0.1, 0.15) is 22.6 Å². The third-order valence-corrected chi connectivity index (χ3v) is 9.67. The van der Waals surface area contributed by atoms with Gasteiger partial charge in [0.15, 0.2) is 0 Å². The van der Waals surface area contributed by atoms with Gasteiger partial charge in [-0.1, -0.05) is 13.8 Å². The molecule has 0 saturated carbocycles. The Morgan fingerprint density at radius 3 is 2.45 bits per heavy atom. The Morgan fingerprint density at radius 1 is 1.12 bits per heavy atom. The number of alkyl halides is 3. The van der Waals surface area contributed by atoms with E-state index in [-0.39, 0.29) is 16.4 Å². The van der Waals surface area contributed by atoms with Crippen LogP contribution in [0.3, 0.4) is 0 Å². The molecule has 2 aromatic heterocycles. The molecule has 3 saturated heterocycles. The van der Waals surface area contributed by atoms with Crippen molar-refractivity contribution in [3.63, 3.8) is 0 Å². The maximum Gasteiger partial charge on any atom is 0.410 e. The Kier molecular flexibility index (Phi) is 8.02. The fourth-order valence-corrected chi connectivity index (χ4v) is 7.74. The maximum atomic E-state index is 13.0. The zero-order valence-corrected chi connectivity index (χ0v) is 25.1. The average molecular weight is 582 g/mol. The van der Waals surface area contributed by atoms with E-state index in [1.165, 1.54) is 6.33 Å². The summed E-state index contributed by atoms with van der Waals surface area (Å²) in [6, 6.07) is 2.13. The van der Waals surface area contributed by atoms with Crippen molar-refractivity contribution in [3.8, 4) is 0 Å². The zero-order chi connectivity index (χ0) is 28.9. The van der Waals surface area contributed by atoms with Crippen molar-refractivity contribution < 1.29 is 22.7 Å². The summed E-state index contributed by atoms with van der Waals surface area (Å²) in [5, 5.41) is 0.734. The Morgan fingerprint density at radius 2 is 1.82 bits per heavy atom. The molecule has 0 bridgehead atoms. The van der Waals surface area contributed by atoms with Gasteiger partial charge in [-0.25, -0.2) is 14.8 Å². The van der Waals surface area contributed by atoms with Crippen molar-refractivity contribution in [1.29, 1.82) is 0 Å². The molecule has 1 unspecified atom stereocenters. The van der Waals surface area contributed by atoms with E-state index >= 15 is 0 Å². The third kappa shape index (κ3) is 6.66. The predicted octanol–water partition coefficient (Wildman–Crippen LogP) is 6.37. The number of carbonyl (C=O) groups is 1. The van der Waals surface area contributed by atoms with E-state index in [2.05, 4.69) is 33.6 Å². The Balaban J connectivity index is 1.16. The van der Waals surface area contributed by atoms with Crippen molar-refractivity contribution >= 4 is 33.5 Å². The fraction of sp³-hybridized carbons (Fsp3) is 0.759. The molecule has 1 spiro atoms. The van der Waals surface area contributed by atoms with Crippen LogP contribution in [-0.4, -0.2) is 82.9 Å². The van der Waals surface area contributed by atoms with Gasteiger partial charge in [0.2, 0.25) is 0 Å². The van der Waals surface area contributed by atoms with Crippen LogP contribution in [-0.2, 0) is 11.2 Å². The second-order valence-corrected chi connectivity index (χ2v) is 14.6. The number of ether oxygens (including phenoxy) is 1. The summed E-state index contributed by atoms with van der Waals surface area (Å²) in [5.74, 6) is 1.90. The van der Waals surface area contributed by atoms with Crippen LogP contribution in [0.5, 0.6) is 0 Å². The number of aromatic nitrogens is 2. The number of hydrogen-bond acceptors (Lipinski definition) is 7. The number of thiophene rings is 1. The molecule has 40 heavy (non-hydrogen) atoms. The van der Waals surface area contributed by atoms with Gasteiger partial charge in [-0.3, -0.25) is 4.90 Å². The van der Waals surface area contributed by atoms with Crippen LogP contribution in [0.2, 0.25) is 0 Å². The van der Waals surface area contributed by atoms with Crippen LogP contribution in [0.25, 0.3) is 10.2 Å². The molecular formula is C29H42F3N5O2S. The predicted molar refractivity (Wildman–Crippen MR) is 152 cm³/mol. The number of carbonyl (C=O) groups excluding carboxylic acids is 1. The third-order valence-electron chi connectivity index (χ3n) is 8.63. The van der Waals surface area contributed by atoms with Gasteiger partial charge in [0, 0.05) is 55.6 Å². The molecule has 3 aliphatic rings. The second-order valence-electron chi connectivity index (χ2n) is 13.5. The molecule has 0 aromatic carbocycles. The van der Waals surface area contributed by atoms with Crippen LogP contribution in [0, 0.1) is 17.3 Å². The van der Waals surface area contributed by atoms with Crippen LogP contribution in [0.4, 0.5) is 23.8 Å². The second kappa shape index (κ2) is 10.9. The molecule has 1 amide bonds. The number of amides is 1. The summed E-state index contributed by atoms with van der Waals surface area (Å²) in [4.78, 5) is 28.9. The summed E-state index contributed by atoms with van der Waals surface area (Å²) in [5.41, 5.74) is -0.269. The van der Waals surface area contributed by atoms with Crippen LogP contribution in [0.1, 0.15) is 65.2 Å². The zero-order valence-electron chi connectivity index (χ0n) is 24.3. The van der Waals surface area contributed by atoms with Gasteiger partial charge in [0.25, 0.3) is 0 Å². The number of halogens is 3. The van der Waals surface area contributed by atoms with Gasteiger partial charge in [-0.2, -0.15) is 13.2 Å². The lowest BCUT2D eigenvalue weighted by Gasteiger charge is -2.53. The topological polar surface area (TPSA) is 61.8 Å². The van der Waals surface area contributed by atoms with Gasteiger partial charge in [-0.05, 0) is 64.4 Å². The highest BCUT2D eigenvalue weighted by Crippen LogP contribution is 2.45. The lowest BCUT2D eigenvalue weighted by atomic mass is 9.75. The minimum Gasteiger partial charge on any atom is -0.444 e. The molecular weight excluding hydrogens is 539 g/mol. The highest BCUT2D eigenvalue weighted by molar-refractivity contribution is 7.18. The van der Waals surface area contributed by atoms with Crippen molar-refractivity contribution in [3.05, 3.63) is 17.3 Å². The number of anilines is 1. The first-order chi connectivity index (χ1) is 18.7. The summed E-state index contributed by atoms with van der Waals surface area (Å²) in [7, 11) is 0. The van der Waals surface area contributed by atoms with Crippen molar-refractivity contribution in [2.75, 3.05) is 44.2 Å². The number of piperidine rings is 1. The summed E-state index contributed by atoms with van der Waals surface area (Å²) >= 11 is 1.11. The summed E-state index contributed by atoms with van der Waals surface area (Å²) in [6.45, 7) is 15.6. The number of likely N-dealkylation sites (tertiary alicyclic amines) is 2. The maximum absolute atomic E-state index is 13.0. The van der Waals surface area contributed by atoms with E-state index in [1.54, 1.807) is 6.07 Å². The van der Waals surface area contributed by atoms with E-state index in [0.29, 0.717) is 22.7 Å². The van der Waals surface area contributed by atoms with E-state index < -0.39 is 18.2 Å². The molecule has 3 fully saturated rings. The van der Waals surface area contributed by atoms with Crippen LogP contribution in [0.15, 0.2) is 12.4 Å². The Hall–Kier alpha value is -2.14. The number of nitrogens with zero attached hydrogens (tertiary/aromatic N) is 5. The van der Waals surface area contributed by atoms with E-state index in [9.17, 15) is 18.0 Å². The first kappa shape index (κ1) is 29.4. The molecule has 2 aromatic rings. The lowest BCUT2D eigenvalue weighted by molar-refractivity contribution is -0.126. The molecule has 222 valence electrons. The van der Waals surface area contributed by atoms with Gasteiger partial charge < -0.3 is 14.5 Å². The normalized spacial score (nSPS) is 21.4. The summed E-state index contributed by atoms with van der Waals surface area (Å²) < 4.78 is 44.5. The van der Waals surface area contributed by atoms with E-state index in [0.717, 1.165) is 87.5 Å². The highest BCUT2D eigenvalue weighted by atomic mass is 32.1. The summed E-state index contributed by atoms with van der Waals surface area (Å²) in [6.07, 6.45) is 0.337. The SMILES string of the molecule is CC(C)C(CC1CCN(C(=O)OC(C)(C)C)CC1)N1CC2(CCN(c3ncnc4sc(CC(F)(F)F)cc34)C2)C1.